The third kappa shape index (κ3) is 5.36. The van der Waals surface area contributed by atoms with E-state index in [4.69, 9.17) is 5.73 Å². The molecular formula is C16H27N. The molecule has 0 radical (unpaired) electrons. The summed E-state index contributed by atoms with van der Waals surface area (Å²) in [6.45, 7) is 7.62. The molecule has 17 heavy (non-hydrogen) atoms. The molecule has 0 aliphatic rings. The van der Waals surface area contributed by atoms with Crippen LogP contribution in [0.25, 0.3) is 0 Å². The van der Waals surface area contributed by atoms with Gasteiger partial charge in [-0.3, -0.25) is 0 Å². The van der Waals surface area contributed by atoms with Crippen LogP contribution in [0.4, 0.5) is 0 Å². The van der Waals surface area contributed by atoms with Gasteiger partial charge < -0.3 is 5.73 Å². The van der Waals surface area contributed by atoms with Crippen LogP contribution in [0.1, 0.15) is 57.1 Å². The molecule has 0 aromatic heterocycles. The zero-order valence-electron chi connectivity index (χ0n) is 11.6. The molecule has 96 valence electrons. The van der Waals surface area contributed by atoms with E-state index in [1.807, 2.05) is 0 Å². The summed E-state index contributed by atoms with van der Waals surface area (Å²) >= 11 is 0. The Hall–Kier alpha value is -0.820. The molecule has 0 spiro atoms. The first-order valence-corrected chi connectivity index (χ1v) is 6.92. The Morgan fingerprint density at radius 2 is 1.88 bits per heavy atom. The van der Waals surface area contributed by atoms with Crippen LogP contribution in [-0.2, 0) is 6.42 Å². The minimum absolute atomic E-state index is 0.588. The molecule has 1 unspecified atom stereocenters. The molecule has 0 saturated carbocycles. The highest BCUT2D eigenvalue weighted by Crippen LogP contribution is 2.20. The zero-order chi connectivity index (χ0) is 12.7. The first kappa shape index (κ1) is 14.2. The van der Waals surface area contributed by atoms with Crippen LogP contribution < -0.4 is 5.73 Å². The molecular weight excluding hydrogens is 206 g/mol. The summed E-state index contributed by atoms with van der Waals surface area (Å²) in [7, 11) is 0. The lowest BCUT2D eigenvalue weighted by atomic mass is 9.94. The molecule has 1 nitrogen and oxygen atoms in total. The first-order valence-electron chi connectivity index (χ1n) is 6.92. The summed E-state index contributed by atoms with van der Waals surface area (Å²) in [5.41, 5.74) is 8.54. The van der Waals surface area contributed by atoms with Crippen molar-refractivity contribution >= 4 is 0 Å². The Morgan fingerprint density at radius 3 is 2.53 bits per heavy atom. The zero-order valence-corrected chi connectivity index (χ0v) is 11.6. The second kappa shape index (κ2) is 7.50. The molecule has 0 saturated heterocycles. The van der Waals surface area contributed by atoms with Crippen molar-refractivity contribution in [3.05, 3.63) is 35.4 Å². The van der Waals surface area contributed by atoms with Gasteiger partial charge in [0.2, 0.25) is 0 Å². The Bertz CT molecular complexity index is 317. The van der Waals surface area contributed by atoms with Gasteiger partial charge in [0.25, 0.3) is 0 Å². The number of nitrogens with two attached hydrogens (primary N) is 1. The van der Waals surface area contributed by atoms with Crippen LogP contribution in [0.5, 0.6) is 0 Å². The van der Waals surface area contributed by atoms with Gasteiger partial charge in [-0.15, -0.1) is 0 Å². The van der Waals surface area contributed by atoms with Gasteiger partial charge in [0.15, 0.2) is 0 Å². The van der Waals surface area contributed by atoms with Gasteiger partial charge in [-0.1, -0.05) is 51.5 Å². The van der Waals surface area contributed by atoms with E-state index in [9.17, 15) is 0 Å². The number of benzene rings is 1. The SMILES string of the molecule is CC(C)CCCc1cccc(C(C)CCN)c1. The van der Waals surface area contributed by atoms with E-state index in [2.05, 4.69) is 45.0 Å². The van der Waals surface area contributed by atoms with Gasteiger partial charge in [0.05, 0.1) is 0 Å². The fourth-order valence-corrected chi connectivity index (χ4v) is 2.19. The Morgan fingerprint density at radius 1 is 1.12 bits per heavy atom. The topological polar surface area (TPSA) is 26.0 Å². The second-order valence-electron chi connectivity index (χ2n) is 5.51. The molecule has 1 aromatic rings. The van der Waals surface area contributed by atoms with Crippen molar-refractivity contribution in [2.75, 3.05) is 6.54 Å². The predicted octanol–water partition coefficient (Wildman–Crippen LogP) is 4.12. The van der Waals surface area contributed by atoms with Crippen molar-refractivity contribution in [2.45, 2.75) is 52.4 Å². The average Bonchev–Trinajstić information content (AvgIpc) is 2.29. The number of rotatable bonds is 7. The lowest BCUT2D eigenvalue weighted by Gasteiger charge is -2.12. The number of aryl methyl sites for hydroxylation is 1. The highest BCUT2D eigenvalue weighted by Gasteiger charge is 2.05. The maximum absolute atomic E-state index is 5.62. The first-order chi connectivity index (χ1) is 8.13. The largest absolute Gasteiger partial charge is 0.330 e. The number of hydrogen-bond acceptors (Lipinski definition) is 1. The second-order valence-corrected chi connectivity index (χ2v) is 5.51. The molecule has 0 fully saturated rings. The van der Waals surface area contributed by atoms with Crippen molar-refractivity contribution < 1.29 is 0 Å². The average molecular weight is 233 g/mol. The van der Waals surface area contributed by atoms with E-state index in [1.165, 1.54) is 30.4 Å². The van der Waals surface area contributed by atoms with Gasteiger partial charge in [-0.05, 0) is 48.8 Å². The Labute approximate surface area is 106 Å². The van der Waals surface area contributed by atoms with Gasteiger partial charge >= 0.3 is 0 Å². The summed E-state index contributed by atoms with van der Waals surface area (Å²) < 4.78 is 0. The van der Waals surface area contributed by atoms with E-state index in [0.29, 0.717) is 5.92 Å². The molecule has 0 aliphatic heterocycles. The van der Waals surface area contributed by atoms with Crippen LogP contribution >= 0.6 is 0 Å². The van der Waals surface area contributed by atoms with Crippen LogP contribution in [0, 0.1) is 5.92 Å². The van der Waals surface area contributed by atoms with Gasteiger partial charge in [0, 0.05) is 0 Å². The summed E-state index contributed by atoms with van der Waals surface area (Å²) in [6.07, 6.45) is 4.91. The molecule has 1 heteroatoms. The maximum Gasteiger partial charge on any atom is -0.00715 e. The van der Waals surface area contributed by atoms with E-state index in [-0.39, 0.29) is 0 Å². The summed E-state index contributed by atoms with van der Waals surface area (Å²) in [5.74, 6) is 1.40. The summed E-state index contributed by atoms with van der Waals surface area (Å²) in [5, 5.41) is 0. The van der Waals surface area contributed by atoms with Crippen molar-refractivity contribution in [3.63, 3.8) is 0 Å². The Balaban J connectivity index is 2.53. The van der Waals surface area contributed by atoms with Crippen molar-refractivity contribution in [3.8, 4) is 0 Å². The van der Waals surface area contributed by atoms with E-state index in [1.54, 1.807) is 0 Å². The highest BCUT2D eigenvalue weighted by molar-refractivity contribution is 5.26. The Kier molecular flexibility index (Phi) is 6.28. The van der Waals surface area contributed by atoms with E-state index < -0.39 is 0 Å². The lowest BCUT2D eigenvalue weighted by Crippen LogP contribution is -2.04. The fraction of sp³-hybridized carbons (Fsp3) is 0.625. The summed E-state index contributed by atoms with van der Waals surface area (Å²) in [4.78, 5) is 0. The number of hydrogen-bond donors (Lipinski definition) is 1. The predicted molar refractivity (Wildman–Crippen MR) is 76.3 cm³/mol. The molecule has 0 amide bonds. The molecule has 0 heterocycles. The van der Waals surface area contributed by atoms with E-state index >= 15 is 0 Å². The van der Waals surface area contributed by atoms with Crippen molar-refractivity contribution in [1.82, 2.24) is 0 Å². The van der Waals surface area contributed by atoms with Gasteiger partial charge in [0.1, 0.15) is 0 Å². The molecule has 1 aromatic carbocycles. The van der Waals surface area contributed by atoms with Gasteiger partial charge in [-0.25, -0.2) is 0 Å². The maximum atomic E-state index is 5.62. The third-order valence-electron chi connectivity index (χ3n) is 3.37. The van der Waals surface area contributed by atoms with E-state index in [0.717, 1.165) is 18.9 Å². The molecule has 0 bridgehead atoms. The quantitative estimate of drug-likeness (QED) is 0.753. The van der Waals surface area contributed by atoms with Crippen molar-refractivity contribution in [2.24, 2.45) is 11.7 Å². The summed E-state index contributed by atoms with van der Waals surface area (Å²) in [6, 6.07) is 9.03. The molecule has 0 aliphatic carbocycles. The normalized spacial score (nSPS) is 13.0. The molecule has 1 rings (SSSR count). The minimum atomic E-state index is 0.588. The lowest BCUT2D eigenvalue weighted by molar-refractivity contribution is 0.555. The van der Waals surface area contributed by atoms with Gasteiger partial charge in [-0.2, -0.15) is 0 Å². The fourth-order valence-electron chi connectivity index (χ4n) is 2.19. The van der Waals surface area contributed by atoms with Crippen LogP contribution in [0.3, 0.4) is 0 Å². The third-order valence-corrected chi connectivity index (χ3v) is 3.37. The van der Waals surface area contributed by atoms with Crippen LogP contribution in [0.15, 0.2) is 24.3 Å². The van der Waals surface area contributed by atoms with Crippen LogP contribution in [0.2, 0.25) is 0 Å². The molecule has 1 atom stereocenters. The smallest absolute Gasteiger partial charge is 0.00715 e. The van der Waals surface area contributed by atoms with Crippen LogP contribution in [-0.4, -0.2) is 6.54 Å². The minimum Gasteiger partial charge on any atom is -0.330 e. The standard InChI is InChI=1S/C16H27N/c1-13(2)6-4-7-15-8-5-9-16(12-15)14(3)10-11-17/h5,8-9,12-14H,4,6-7,10-11,17H2,1-3H3. The highest BCUT2D eigenvalue weighted by atomic mass is 14.5. The monoisotopic (exact) mass is 233 g/mol. The molecule has 2 N–H and O–H groups in total. The van der Waals surface area contributed by atoms with Crippen molar-refractivity contribution in [1.29, 1.82) is 0 Å².